The number of piperazine rings is 1. The zero-order valence-corrected chi connectivity index (χ0v) is 15.4. The van der Waals surface area contributed by atoms with Crippen LogP contribution in [-0.4, -0.2) is 60.2 Å². The van der Waals surface area contributed by atoms with Crippen molar-refractivity contribution < 1.29 is 22.4 Å². The predicted molar refractivity (Wildman–Crippen MR) is 95.0 cm³/mol. The second kappa shape index (κ2) is 7.12. The summed E-state index contributed by atoms with van der Waals surface area (Å²) >= 11 is 0. The molecule has 2 amide bonds. The van der Waals surface area contributed by atoms with E-state index >= 15 is 0 Å². The van der Waals surface area contributed by atoms with Crippen molar-refractivity contribution in [3.63, 3.8) is 0 Å². The average Bonchev–Trinajstić information content (AvgIpc) is 3.04. The van der Waals surface area contributed by atoms with Gasteiger partial charge in [-0.05, 0) is 24.3 Å². The highest BCUT2D eigenvalue weighted by Crippen LogP contribution is 2.20. The molecular formula is C17H19FN4O4S. The van der Waals surface area contributed by atoms with Crippen molar-refractivity contribution >= 4 is 21.8 Å². The van der Waals surface area contributed by atoms with E-state index in [0.717, 1.165) is 6.07 Å². The first kappa shape index (κ1) is 19.1. The summed E-state index contributed by atoms with van der Waals surface area (Å²) in [7, 11) is -2.27. The van der Waals surface area contributed by atoms with E-state index in [2.05, 4.69) is 0 Å². The van der Waals surface area contributed by atoms with Crippen LogP contribution in [-0.2, 0) is 17.1 Å². The van der Waals surface area contributed by atoms with Gasteiger partial charge in [-0.3, -0.25) is 9.59 Å². The summed E-state index contributed by atoms with van der Waals surface area (Å²) in [5, 5.41) is 0. The van der Waals surface area contributed by atoms with Crippen molar-refractivity contribution in [3.8, 4) is 0 Å². The van der Waals surface area contributed by atoms with Gasteiger partial charge in [0, 0.05) is 45.0 Å². The Morgan fingerprint density at radius 1 is 1.11 bits per heavy atom. The molecule has 1 aromatic heterocycles. The molecule has 1 aliphatic heterocycles. The number of benzene rings is 1. The van der Waals surface area contributed by atoms with Crippen molar-refractivity contribution in [1.82, 2.24) is 13.8 Å². The number of rotatable bonds is 4. The fraction of sp³-hybridized carbons (Fsp3) is 0.294. The van der Waals surface area contributed by atoms with Gasteiger partial charge in [0.05, 0.1) is 0 Å². The van der Waals surface area contributed by atoms with Gasteiger partial charge in [0.15, 0.2) is 0 Å². The fourth-order valence-electron chi connectivity index (χ4n) is 3.00. The Labute approximate surface area is 156 Å². The molecule has 2 heterocycles. The van der Waals surface area contributed by atoms with E-state index in [1.54, 1.807) is 0 Å². The summed E-state index contributed by atoms with van der Waals surface area (Å²) in [5.74, 6) is -1.57. The van der Waals surface area contributed by atoms with Gasteiger partial charge in [-0.2, -0.15) is 4.31 Å². The largest absolute Gasteiger partial charge is 0.364 e. The molecule has 0 spiro atoms. The van der Waals surface area contributed by atoms with E-state index in [-0.39, 0.29) is 48.2 Å². The number of sulfonamides is 1. The van der Waals surface area contributed by atoms with Crippen LogP contribution in [0.2, 0.25) is 0 Å². The molecule has 27 heavy (non-hydrogen) atoms. The minimum Gasteiger partial charge on any atom is -0.364 e. The van der Waals surface area contributed by atoms with Crippen molar-refractivity contribution in [3.05, 3.63) is 53.6 Å². The van der Waals surface area contributed by atoms with Crippen molar-refractivity contribution in [2.75, 3.05) is 26.2 Å². The topological polar surface area (TPSA) is 106 Å². The standard InChI is InChI=1S/C17H19FN4O4S/c1-20-11-14(10-15(20)16(19)23)27(25,26)22-7-5-21(6-8-22)17(24)12-3-2-4-13(18)9-12/h2-4,9-11H,5-8H2,1H3,(H2,19,23). The lowest BCUT2D eigenvalue weighted by atomic mass is 10.2. The van der Waals surface area contributed by atoms with Crippen LogP contribution in [0.1, 0.15) is 20.8 Å². The number of carbonyl (C=O) groups excluding carboxylic acids is 2. The normalized spacial score (nSPS) is 15.7. The third-order valence-electron chi connectivity index (χ3n) is 4.47. The van der Waals surface area contributed by atoms with Crippen molar-refractivity contribution in [2.45, 2.75) is 4.90 Å². The van der Waals surface area contributed by atoms with Gasteiger partial charge in [-0.15, -0.1) is 0 Å². The molecule has 8 nitrogen and oxygen atoms in total. The molecule has 0 unspecified atom stereocenters. The van der Waals surface area contributed by atoms with E-state index in [0.29, 0.717) is 0 Å². The zero-order chi connectivity index (χ0) is 19.8. The lowest BCUT2D eigenvalue weighted by Gasteiger charge is -2.33. The van der Waals surface area contributed by atoms with E-state index < -0.39 is 21.7 Å². The van der Waals surface area contributed by atoms with E-state index in [1.807, 2.05) is 0 Å². The molecule has 0 bridgehead atoms. The summed E-state index contributed by atoms with van der Waals surface area (Å²) in [4.78, 5) is 25.2. The highest BCUT2D eigenvalue weighted by Gasteiger charge is 2.31. The van der Waals surface area contributed by atoms with Crippen LogP contribution in [0.15, 0.2) is 41.4 Å². The summed E-state index contributed by atoms with van der Waals surface area (Å²) in [6, 6.07) is 6.61. The lowest BCUT2D eigenvalue weighted by Crippen LogP contribution is -2.50. The molecule has 0 aliphatic carbocycles. The Morgan fingerprint density at radius 3 is 2.33 bits per heavy atom. The minimum atomic E-state index is -3.81. The molecular weight excluding hydrogens is 375 g/mol. The SMILES string of the molecule is Cn1cc(S(=O)(=O)N2CCN(C(=O)c3cccc(F)c3)CC2)cc1C(N)=O. The van der Waals surface area contributed by atoms with Crippen LogP contribution >= 0.6 is 0 Å². The van der Waals surface area contributed by atoms with Crippen LogP contribution in [0, 0.1) is 5.82 Å². The molecule has 2 aromatic rings. The summed E-state index contributed by atoms with van der Waals surface area (Å²) in [5.41, 5.74) is 5.54. The van der Waals surface area contributed by atoms with Gasteiger partial charge in [0.25, 0.3) is 11.8 Å². The Bertz CT molecular complexity index is 994. The maximum Gasteiger partial charge on any atom is 0.265 e. The molecule has 0 saturated carbocycles. The Kier molecular flexibility index (Phi) is 5.03. The summed E-state index contributed by atoms with van der Waals surface area (Å²) in [6.45, 7) is 0.572. The number of nitrogens with zero attached hydrogens (tertiary/aromatic N) is 3. The van der Waals surface area contributed by atoms with E-state index in [4.69, 9.17) is 5.73 Å². The van der Waals surface area contributed by atoms with Crippen LogP contribution in [0.25, 0.3) is 0 Å². The zero-order valence-electron chi connectivity index (χ0n) is 14.6. The molecule has 0 radical (unpaired) electrons. The fourth-order valence-corrected chi connectivity index (χ4v) is 4.50. The average molecular weight is 394 g/mol. The molecule has 1 aromatic carbocycles. The van der Waals surface area contributed by atoms with E-state index in [1.165, 1.54) is 51.3 Å². The molecule has 10 heteroatoms. The number of amides is 2. The van der Waals surface area contributed by atoms with E-state index in [9.17, 15) is 22.4 Å². The quantitative estimate of drug-likeness (QED) is 0.811. The number of aryl methyl sites for hydroxylation is 1. The number of carbonyl (C=O) groups is 2. The number of halogens is 1. The first-order valence-corrected chi connectivity index (χ1v) is 9.65. The highest BCUT2D eigenvalue weighted by atomic mass is 32.2. The Balaban J connectivity index is 1.72. The molecule has 1 aliphatic rings. The molecule has 1 saturated heterocycles. The molecule has 1 fully saturated rings. The van der Waals surface area contributed by atoms with Crippen LogP contribution in [0.4, 0.5) is 4.39 Å². The lowest BCUT2D eigenvalue weighted by molar-refractivity contribution is 0.0697. The number of nitrogens with two attached hydrogens (primary N) is 1. The number of aromatic nitrogens is 1. The molecule has 3 rings (SSSR count). The smallest absolute Gasteiger partial charge is 0.265 e. The monoisotopic (exact) mass is 394 g/mol. The summed E-state index contributed by atoms with van der Waals surface area (Å²) in [6.07, 6.45) is 1.33. The van der Waals surface area contributed by atoms with Gasteiger partial charge in [0.2, 0.25) is 10.0 Å². The van der Waals surface area contributed by atoms with Gasteiger partial charge >= 0.3 is 0 Å². The predicted octanol–water partition coefficient (Wildman–Crippen LogP) is 0.410. The molecule has 2 N–H and O–H groups in total. The summed E-state index contributed by atoms with van der Waals surface area (Å²) < 4.78 is 41.5. The third kappa shape index (κ3) is 3.71. The van der Waals surface area contributed by atoms with Crippen LogP contribution in [0.5, 0.6) is 0 Å². The van der Waals surface area contributed by atoms with Crippen molar-refractivity contribution in [2.24, 2.45) is 12.8 Å². The highest BCUT2D eigenvalue weighted by molar-refractivity contribution is 7.89. The number of hydrogen-bond acceptors (Lipinski definition) is 4. The maximum absolute atomic E-state index is 13.3. The second-order valence-corrected chi connectivity index (χ2v) is 8.18. The third-order valence-corrected chi connectivity index (χ3v) is 6.33. The first-order valence-electron chi connectivity index (χ1n) is 8.21. The van der Waals surface area contributed by atoms with Gasteiger partial charge in [0.1, 0.15) is 16.4 Å². The molecule has 0 atom stereocenters. The number of hydrogen-bond donors (Lipinski definition) is 1. The second-order valence-electron chi connectivity index (χ2n) is 6.24. The van der Waals surface area contributed by atoms with Gasteiger partial charge in [-0.25, -0.2) is 12.8 Å². The van der Waals surface area contributed by atoms with Crippen LogP contribution in [0.3, 0.4) is 0 Å². The van der Waals surface area contributed by atoms with Gasteiger partial charge < -0.3 is 15.2 Å². The number of primary amides is 1. The Hall–Kier alpha value is -2.72. The minimum absolute atomic E-state index is 0.0243. The van der Waals surface area contributed by atoms with Crippen LogP contribution < -0.4 is 5.73 Å². The Morgan fingerprint density at radius 2 is 1.78 bits per heavy atom. The molecule has 144 valence electrons. The maximum atomic E-state index is 13.3. The first-order chi connectivity index (χ1) is 12.7. The van der Waals surface area contributed by atoms with Crippen molar-refractivity contribution in [1.29, 1.82) is 0 Å². The van der Waals surface area contributed by atoms with Gasteiger partial charge in [-0.1, -0.05) is 6.07 Å².